The van der Waals surface area contributed by atoms with Gasteiger partial charge in [-0.05, 0) is 43.2 Å². The van der Waals surface area contributed by atoms with Crippen molar-refractivity contribution in [2.45, 2.75) is 18.7 Å². The Morgan fingerprint density at radius 1 is 1.14 bits per heavy atom. The second kappa shape index (κ2) is 5.94. The third-order valence-corrected chi connectivity index (χ3v) is 4.99. The monoisotopic (exact) mass is 340 g/mol. The summed E-state index contributed by atoms with van der Waals surface area (Å²) in [7, 11) is -3.86. The zero-order valence-electron chi connectivity index (χ0n) is 11.8. The van der Waals surface area contributed by atoms with Crippen LogP contribution in [0.15, 0.2) is 41.3 Å². The average molecular weight is 341 g/mol. The molecule has 2 aromatic carbocycles. The molecule has 0 aromatic heterocycles. The van der Waals surface area contributed by atoms with Crippen molar-refractivity contribution in [2.24, 2.45) is 0 Å². The van der Waals surface area contributed by atoms with Gasteiger partial charge in [-0.2, -0.15) is 0 Å². The van der Waals surface area contributed by atoms with Gasteiger partial charge in [-0.15, -0.1) is 0 Å². The summed E-state index contributed by atoms with van der Waals surface area (Å²) in [6, 6.07) is 8.35. The van der Waals surface area contributed by atoms with Gasteiger partial charge < -0.3 is 0 Å². The summed E-state index contributed by atoms with van der Waals surface area (Å²) in [5.74, 6) is 0. The van der Waals surface area contributed by atoms with Gasteiger partial charge in [-0.1, -0.05) is 17.7 Å². The molecule has 8 heteroatoms. The highest BCUT2D eigenvalue weighted by atomic mass is 35.5. The number of nitro benzene ring substituents is 1. The predicted molar refractivity (Wildman–Crippen MR) is 84.8 cm³/mol. The number of anilines is 1. The lowest BCUT2D eigenvalue weighted by Gasteiger charge is -2.12. The van der Waals surface area contributed by atoms with E-state index < -0.39 is 14.9 Å². The number of sulfonamides is 1. The molecule has 2 aromatic rings. The Morgan fingerprint density at radius 2 is 1.82 bits per heavy atom. The molecule has 0 aliphatic heterocycles. The van der Waals surface area contributed by atoms with Crippen LogP contribution in [0, 0.1) is 24.0 Å². The van der Waals surface area contributed by atoms with E-state index in [9.17, 15) is 18.5 Å². The van der Waals surface area contributed by atoms with Gasteiger partial charge in [0, 0.05) is 17.2 Å². The van der Waals surface area contributed by atoms with Crippen LogP contribution >= 0.6 is 11.6 Å². The van der Waals surface area contributed by atoms with Gasteiger partial charge in [0.1, 0.15) is 0 Å². The molecule has 0 saturated carbocycles. The Kier molecular flexibility index (Phi) is 4.39. The van der Waals surface area contributed by atoms with E-state index in [-0.39, 0.29) is 16.3 Å². The first-order valence-corrected chi connectivity index (χ1v) is 8.11. The molecule has 6 nitrogen and oxygen atoms in total. The second-order valence-corrected chi connectivity index (χ2v) is 6.84. The zero-order chi connectivity index (χ0) is 16.5. The Morgan fingerprint density at radius 3 is 2.45 bits per heavy atom. The maximum absolute atomic E-state index is 12.4. The largest absolute Gasteiger partial charge is 0.279 e. The second-order valence-electron chi connectivity index (χ2n) is 4.78. The number of nitro groups is 1. The minimum atomic E-state index is -3.86. The summed E-state index contributed by atoms with van der Waals surface area (Å²) in [4.78, 5) is 10.2. The maximum Gasteiger partial charge on any atom is 0.271 e. The summed E-state index contributed by atoms with van der Waals surface area (Å²) in [5, 5.41) is 11.2. The molecule has 0 bridgehead atoms. The SMILES string of the molecule is Cc1cc(S(=O)(=O)Nc2cccc([N+](=O)[O-])c2)c(C)cc1Cl. The van der Waals surface area contributed by atoms with Gasteiger partial charge in [0.05, 0.1) is 15.5 Å². The maximum atomic E-state index is 12.4. The first-order chi connectivity index (χ1) is 10.2. The van der Waals surface area contributed by atoms with Gasteiger partial charge in [0.25, 0.3) is 15.7 Å². The van der Waals surface area contributed by atoms with Crippen molar-refractivity contribution >= 4 is 33.0 Å². The summed E-state index contributed by atoms with van der Waals surface area (Å²) in [5.41, 5.74) is 1.06. The van der Waals surface area contributed by atoms with Crippen molar-refractivity contribution in [2.75, 3.05) is 4.72 Å². The molecule has 116 valence electrons. The Hall–Kier alpha value is -2.12. The van der Waals surface area contributed by atoms with E-state index >= 15 is 0 Å². The Balaban J connectivity index is 2.42. The van der Waals surface area contributed by atoms with Crippen LogP contribution in [0.3, 0.4) is 0 Å². The lowest BCUT2D eigenvalue weighted by Crippen LogP contribution is -2.14. The van der Waals surface area contributed by atoms with Crippen molar-refractivity contribution in [3.63, 3.8) is 0 Å². The van der Waals surface area contributed by atoms with E-state index in [1.807, 2.05) is 0 Å². The number of hydrogen-bond donors (Lipinski definition) is 1. The molecule has 0 spiro atoms. The highest BCUT2D eigenvalue weighted by Gasteiger charge is 2.19. The summed E-state index contributed by atoms with van der Waals surface area (Å²) >= 11 is 5.96. The van der Waals surface area contributed by atoms with E-state index in [2.05, 4.69) is 4.72 Å². The van der Waals surface area contributed by atoms with Crippen LogP contribution < -0.4 is 4.72 Å². The fraction of sp³-hybridized carbons (Fsp3) is 0.143. The van der Waals surface area contributed by atoms with E-state index in [0.29, 0.717) is 16.1 Å². The minimum Gasteiger partial charge on any atom is -0.279 e. The third kappa shape index (κ3) is 3.37. The smallest absolute Gasteiger partial charge is 0.271 e. The lowest BCUT2D eigenvalue weighted by atomic mass is 10.2. The fourth-order valence-electron chi connectivity index (χ4n) is 1.94. The van der Waals surface area contributed by atoms with Crippen LogP contribution in [0.25, 0.3) is 0 Å². The molecule has 0 unspecified atom stereocenters. The van der Waals surface area contributed by atoms with Gasteiger partial charge in [-0.25, -0.2) is 8.42 Å². The Labute approximate surface area is 132 Å². The van der Waals surface area contributed by atoms with Gasteiger partial charge in [0.15, 0.2) is 0 Å². The first kappa shape index (κ1) is 16.3. The summed E-state index contributed by atoms with van der Waals surface area (Å²) in [6.45, 7) is 3.33. The van der Waals surface area contributed by atoms with E-state index in [1.54, 1.807) is 19.9 Å². The number of nitrogens with one attached hydrogen (secondary N) is 1. The van der Waals surface area contributed by atoms with Gasteiger partial charge in [-0.3, -0.25) is 14.8 Å². The van der Waals surface area contributed by atoms with Crippen LogP contribution in [0.2, 0.25) is 5.02 Å². The molecule has 22 heavy (non-hydrogen) atoms. The van der Waals surface area contributed by atoms with Crippen molar-refractivity contribution in [3.8, 4) is 0 Å². The minimum absolute atomic E-state index is 0.0842. The topological polar surface area (TPSA) is 89.3 Å². The van der Waals surface area contributed by atoms with E-state index in [0.717, 1.165) is 6.07 Å². The van der Waals surface area contributed by atoms with E-state index in [1.165, 1.54) is 24.3 Å². The number of hydrogen-bond acceptors (Lipinski definition) is 4. The zero-order valence-corrected chi connectivity index (χ0v) is 13.4. The lowest BCUT2D eigenvalue weighted by molar-refractivity contribution is -0.384. The highest BCUT2D eigenvalue weighted by Crippen LogP contribution is 2.26. The van der Waals surface area contributed by atoms with Crippen LogP contribution in [-0.4, -0.2) is 13.3 Å². The first-order valence-electron chi connectivity index (χ1n) is 6.25. The van der Waals surface area contributed by atoms with Crippen molar-refractivity contribution in [1.29, 1.82) is 0 Å². The standard InChI is InChI=1S/C14H13ClN2O4S/c1-9-7-14(10(2)6-13(9)15)22(20,21)16-11-4-3-5-12(8-11)17(18)19/h3-8,16H,1-2H3. The van der Waals surface area contributed by atoms with Gasteiger partial charge in [0.2, 0.25) is 0 Å². The Bertz CT molecular complexity index is 850. The van der Waals surface area contributed by atoms with Crippen molar-refractivity contribution in [3.05, 3.63) is 62.7 Å². The molecule has 0 aliphatic rings. The van der Waals surface area contributed by atoms with E-state index in [4.69, 9.17) is 11.6 Å². The number of nitrogens with zero attached hydrogens (tertiary/aromatic N) is 1. The average Bonchev–Trinajstić information content (AvgIpc) is 2.42. The van der Waals surface area contributed by atoms with Crippen molar-refractivity contribution < 1.29 is 13.3 Å². The molecule has 2 rings (SSSR count). The van der Waals surface area contributed by atoms with Gasteiger partial charge >= 0.3 is 0 Å². The molecule has 0 amide bonds. The molecule has 0 radical (unpaired) electrons. The quantitative estimate of drug-likeness (QED) is 0.679. The molecule has 0 heterocycles. The molecule has 1 N–H and O–H groups in total. The molecular formula is C14H13ClN2O4S. The molecule has 0 aliphatic carbocycles. The summed E-state index contributed by atoms with van der Waals surface area (Å²) in [6.07, 6.45) is 0. The van der Waals surface area contributed by atoms with Crippen LogP contribution in [0.5, 0.6) is 0 Å². The van der Waals surface area contributed by atoms with Crippen LogP contribution in [-0.2, 0) is 10.0 Å². The normalized spacial score (nSPS) is 11.2. The molecule has 0 saturated heterocycles. The molecular weight excluding hydrogens is 328 g/mol. The number of aryl methyl sites for hydroxylation is 2. The summed E-state index contributed by atoms with van der Waals surface area (Å²) < 4.78 is 27.2. The highest BCUT2D eigenvalue weighted by molar-refractivity contribution is 7.92. The number of halogens is 1. The van der Waals surface area contributed by atoms with Crippen molar-refractivity contribution in [1.82, 2.24) is 0 Å². The number of rotatable bonds is 4. The predicted octanol–water partition coefficient (Wildman–Crippen LogP) is 3.67. The van der Waals surface area contributed by atoms with Crippen LogP contribution in [0.1, 0.15) is 11.1 Å². The third-order valence-electron chi connectivity index (χ3n) is 3.05. The number of benzene rings is 2. The number of non-ortho nitro benzene ring substituents is 1. The molecule has 0 fully saturated rings. The fourth-order valence-corrected chi connectivity index (χ4v) is 3.52. The van der Waals surface area contributed by atoms with Crippen LogP contribution in [0.4, 0.5) is 11.4 Å². The molecule has 0 atom stereocenters.